The van der Waals surface area contributed by atoms with Crippen molar-refractivity contribution in [1.82, 2.24) is 10.2 Å². The molecule has 1 heterocycles. The second-order valence-corrected chi connectivity index (χ2v) is 13.9. The topological polar surface area (TPSA) is 113 Å². The molecular weight excluding hydrogens is 621 g/mol. The van der Waals surface area contributed by atoms with Gasteiger partial charge in [-0.2, -0.15) is 0 Å². The summed E-state index contributed by atoms with van der Waals surface area (Å²) in [6, 6.07) is 37.3. The number of nitrogens with two attached hydrogens (primary N) is 1. The van der Waals surface area contributed by atoms with Crippen LogP contribution >= 0.6 is 0 Å². The number of carbonyl (C=O) groups excluding carboxylic acids is 2. The van der Waals surface area contributed by atoms with Gasteiger partial charge in [-0.3, -0.25) is 13.9 Å². The van der Waals surface area contributed by atoms with Gasteiger partial charge in [-0.15, -0.1) is 0 Å². The van der Waals surface area contributed by atoms with Crippen molar-refractivity contribution in [3.05, 3.63) is 144 Å². The van der Waals surface area contributed by atoms with Crippen LogP contribution in [0.3, 0.4) is 0 Å². The number of anilines is 1. The average molecular weight is 661 g/mol. The van der Waals surface area contributed by atoms with E-state index in [2.05, 4.69) is 5.32 Å². The summed E-state index contributed by atoms with van der Waals surface area (Å²) < 4.78 is 31.8. The first-order valence-corrected chi connectivity index (χ1v) is 17.8. The number of sulfonamides is 1. The number of likely N-dealkylation sites (tertiary alicyclic amines) is 1. The Hall–Kier alpha value is -4.99. The first kappa shape index (κ1) is 32.9. The molecule has 3 N–H and O–H groups in total. The van der Waals surface area contributed by atoms with Crippen LogP contribution < -0.4 is 15.4 Å². The molecule has 5 aromatic carbocycles. The normalized spacial score (nSPS) is 15.3. The first-order valence-electron chi connectivity index (χ1n) is 16.3. The van der Waals surface area contributed by atoms with E-state index in [0.29, 0.717) is 29.7 Å². The van der Waals surface area contributed by atoms with E-state index >= 15 is 8.42 Å². The minimum Gasteiger partial charge on any atom is -0.352 e. The summed E-state index contributed by atoms with van der Waals surface area (Å²) in [5.41, 5.74) is 8.63. The van der Waals surface area contributed by atoms with Crippen LogP contribution in [0.2, 0.25) is 0 Å². The number of hydrogen-bond acceptors (Lipinski definition) is 5. The molecule has 0 spiro atoms. The number of fused-ring (bicyclic) bond motifs is 1. The molecule has 9 heteroatoms. The van der Waals surface area contributed by atoms with Crippen LogP contribution in [0.4, 0.5) is 5.69 Å². The molecule has 2 atom stereocenters. The second-order valence-electron chi connectivity index (χ2n) is 12.1. The van der Waals surface area contributed by atoms with Crippen molar-refractivity contribution in [3.63, 3.8) is 0 Å². The number of carbonyl (C=O) groups is 2. The van der Waals surface area contributed by atoms with Gasteiger partial charge in [0, 0.05) is 32.1 Å². The lowest BCUT2D eigenvalue weighted by Crippen LogP contribution is -2.54. The molecule has 2 amide bonds. The highest BCUT2D eigenvalue weighted by Crippen LogP contribution is 2.34. The molecular formula is C39H40N4O4S. The predicted octanol–water partition coefficient (Wildman–Crippen LogP) is 5.46. The van der Waals surface area contributed by atoms with Gasteiger partial charge in [0.05, 0.1) is 17.0 Å². The SMILES string of the molecule is NCC1CCCN1C(=O)C(Cc1ccccc1)N(c1ccccc1)S(=O)(=O)c1ccc2ccccc2c1CNC(=O)Cc1ccccc1. The summed E-state index contributed by atoms with van der Waals surface area (Å²) in [5, 5.41) is 4.52. The Morgan fingerprint density at radius 1 is 0.812 bits per heavy atom. The number of nitrogens with zero attached hydrogens (tertiary/aromatic N) is 2. The highest BCUT2D eigenvalue weighted by Gasteiger charge is 2.41. The highest BCUT2D eigenvalue weighted by atomic mass is 32.2. The van der Waals surface area contributed by atoms with Crippen molar-refractivity contribution in [3.8, 4) is 0 Å². The fraction of sp³-hybridized carbons (Fsp3) is 0.231. The van der Waals surface area contributed by atoms with Gasteiger partial charge < -0.3 is 16.0 Å². The fourth-order valence-corrected chi connectivity index (χ4v) is 8.45. The number of amides is 2. The molecule has 2 unspecified atom stereocenters. The minimum absolute atomic E-state index is 0.0110. The van der Waals surface area contributed by atoms with Crippen LogP contribution in [-0.2, 0) is 39.0 Å². The molecule has 8 nitrogen and oxygen atoms in total. The molecule has 1 saturated heterocycles. The maximum atomic E-state index is 15.3. The number of benzene rings is 5. The summed E-state index contributed by atoms with van der Waals surface area (Å²) in [4.78, 5) is 29.5. The third kappa shape index (κ3) is 7.12. The van der Waals surface area contributed by atoms with E-state index in [1.165, 1.54) is 4.31 Å². The average Bonchev–Trinajstić information content (AvgIpc) is 3.60. The summed E-state index contributed by atoms with van der Waals surface area (Å²) in [6.45, 7) is 0.811. The van der Waals surface area contributed by atoms with Crippen molar-refractivity contribution in [2.24, 2.45) is 5.73 Å². The van der Waals surface area contributed by atoms with E-state index < -0.39 is 16.1 Å². The Morgan fingerprint density at radius 3 is 2.12 bits per heavy atom. The van der Waals surface area contributed by atoms with Gasteiger partial charge in [0.1, 0.15) is 6.04 Å². The lowest BCUT2D eigenvalue weighted by atomic mass is 10.0. The monoisotopic (exact) mass is 660 g/mol. The molecule has 48 heavy (non-hydrogen) atoms. The molecule has 1 aliphatic rings. The molecule has 246 valence electrons. The van der Waals surface area contributed by atoms with Gasteiger partial charge in [0.2, 0.25) is 11.8 Å². The summed E-state index contributed by atoms with van der Waals surface area (Å²) >= 11 is 0. The standard InChI is InChI=1S/C39H40N4O4S/c40-27-33-20-12-24-42(33)39(45)36(25-29-13-4-1-5-14-29)43(32-18-8-3-9-19-32)48(46,47)37-23-22-31-17-10-11-21-34(31)35(37)28-41-38(44)26-30-15-6-2-7-16-30/h1-11,13-19,21-23,33,36H,12,20,24-28,40H2,(H,41,44). The van der Waals surface area contributed by atoms with Crippen molar-refractivity contribution in [2.75, 3.05) is 17.4 Å². The number of hydrogen-bond donors (Lipinski definition) is 2. The fourth-order valence-electron chi connectivity index (χ4n) is 6.61. The number of nitrogens with one attached hydrogen (secondary N) is 1. The molecule has 0 saturated carbocycles. The van der Waals surface area contributed by atoms with E-state index in [0.717, 1.165) is 29.4 Å². The number of para-hydroxylation sites is 1. The van der Waals surface area contributed by atoms with Crippen molar-refractivity contribution in [1.29, 1.82) is 0 Å². The highest BCUT2D eigenvalue weighted by molar-refractivity contribution is 7.93. The van der Waals surface area contributed by atoms with Gasteiger partial charge in [-0.25, -0.2) is 8.42 Å². The molecule has 1 aliphatic heterocycles. The van der Waals surface area contributed by atoms with E-state index in [9.17, 15) is 9.59 Å². The molecule has 0 aromatic heterocycles. The van der Waals surface area contributed by atoms with Crippen molar-refractivity contribution >= 4 is 38.3 Å². The summed E-state index contributed by atoms with van der Waals surface area (Å²) in [5.74, 6) is -0.505. The van der Waals surface area contributed by atoms with Crippen molar-refractivity contribution in [2.45, 2.75) is 49.2 Å². The summed E-state index contributed by atoms with van der Waals surface area (Å²) in [7, 11) is -4.40. The van der Waals surface area contributed by atoms with E-state index in [4.69, 9.17) is 5.73 Å². The van der Waals surface area contributed by atoms with E-state index in [1.807, 2.05) is 91.0 Å². The molecule has 5 aromatic rings. The summed E-state index contributed by atoms with van der Waals surface area (Å²) in [6.07, 6.45) is 1.91. The van der Waals surface area contributed by atoms with Crippen molar-refractivity contribution < 1.29 is 18.0 Å². The Kier molecular flexibility index (Phi) is 10.2. The number of rotatable bonds is 12. The molecule has 0 aliphatic carbocycles. The zero-order valence-corrected chi connectivity index (χ0v) is 27.6. The maximum Gasteiger partial charge on any atom is 0.265 e. The Bertz CT molecular complexity index is 1970. The van der Waals surface area contributed by atoms with Gasteiger partial charge in [0.15, 0.2) is 0 Å². The minimum atomic E-state index is -4.40. The van der Waals surface area contributed by atoms with Crippen LogP contribution in [0.15, 0.2) is 132 Å². The lowest BCUT2D eigenvalue weighted by molar-refractivity contribution is -0.133. The largest absolute Gasteiger partial charge is 0.352 e. The van der Waals surface area contributed by atoms with Gasteiger partial charge in [-0.05, 0) is 58.5 Å². The van der Waals surface area contributed by atoms with Crippen LogP contribution in [-0.4, -0.2) is 50.3 Å². The smallest absolute Gasteiger partial charge is 0.265 e. The Labute approximate surface area is 282 Å². The van der Waals surface area contributed by atoms with Gasteiger partial charge in [-0.1, -0.05) is 109 Å². The quantitative estimate of drug-likeness (QED) is 0.185. The van der Waals surface area contributed by atoms with Crippen LogP contribution in [0.25, 0.3) is 10.8 Å². The molecule has 1 fully saturated rings. The predicted molar refractivity (Wildman–Crippen MR) is 190 cm³/mol. The van der Waals surface area contributed by atoms with E-state index in [-0.39, 0.29) is 42.1 Å². The second kappa shape index (κ2) is 14.8. The van der Waals surface area contributed by atoms with Gasteiger partial charge >= 0.3 is 0 Å². The Balaban J connectivity index is 1.46. The zero-order chi connectivity index (χ0) is 33.5. The van der Waals surface area contributed by atoms with Crippen LogP contribution in [0, 0.1) is 0 Å². The molecule has 0 bridgehead atoms. The first-order chi connectivity index (χ1) is 23.4. The molecule has 0 radical (unpaired) electrons. The zero-order valence-electron chi connectivity index (χ0n) is 26.7. The van der Waals surface area contributed by atoms with Gasteiger partial charge in [0.25, 0.3) is 10.0 Å². The molecule has 6 rings (SSSR count). The third-order valence-electron chi connectivity index (χ3n) is 8.99. The third-order valence-corrected chi connectivity index (χ3v) is 10.9. The lowest BCUT2D eigenvalue weighted by Gasteiger charge is -2.36. The van der Waals surface area contributed by atoms with E-state index in [1.54, 1.807) is 41.3 Å². The Morgan fingerprint density at radius 2 is 1.44 bits per heavy atom. The van der Waals surface area contributed by atoms with Crippen LogP contribution in [0.5, 0.6) is 0 Å². The maximum absolute atomic E-state index is 15.3. The van der Waals surface area contributed by atoms with Crippen LogP contribution in [0.1, 0.15) is 29.5 Å².